The number of aromatic amines is 1. The summed E-state index contributed by atoms with van der Waals surface area (Å²) in [4.78, 5) is 24.9. The van der Waals surface area contributed by atoms with E-state index in [4.69, 9.17) is 29.6 Å². The number of anilines is 1. The fourth-order valence-corrected chi connectivity index (χ4v) is 3.07. The zero-order chi connectivity index (χ0) is 15.2. The van der Waals surface area contributed by atoms with Crippen LogP contribution in [0.15, 0.2) is 34.2 Å². The van der Waals surface area contributed by atoms with Crippen molar-refractivity contribution in [2.75, 3.05) is 5.73 Å². The third-order valence-electron chi connectivity index (χ3n) is 3.75. The molecule has 0 saturated heterocycles. The monoisotopic (exact) mass is 322 g/mol. The number of aromatic nitrogens is 2. The minimum absolute atomic E-state index is 0.00815. The molecule has 3 rings (SSSR count). The van der Waals surface area contributed by atoms with Gasteiger partial charge < -0.3 is 5.73 Å². The molecule has 2 aromatic rings. The predicted octanol–water partition coefficient (Wildman–Crippen LogP) is 3.08. The molecule has 1 saturated carbocycles. The van der Waals surface area contributed by atoms with Gasteiger partial charge in [-0.3, -0.25) is 14.3 Å². The number of hydrogen-bond acceptors (Lipinski definition) is 5. The van der Waals surface area contributed by atoms with Crippen LogP contribution in [-0.4, -0.2) is 9.55 Å². The number of nitroso groups, excluding NO2 is 1. The van der Waals surface area contributed by atoms with Gasteiger partial charge in [-0.25, -0.2) is 0 Å². The van der Waals surface area contributed by atoms with E-state index >= 15 is 0 Å². The van der Waals surface area contributed by atoms with Gasteiger partial charge in [0.2, 0.25) is 5.69 Å². The molecule has 1 aliphatic rings. The minimum Gasteiger partial charge on any atom is -0.383 e. The lowest BCUT2D eigenvalue weighted by molar-refractivity contribution is 0.559. The van der Waals surface area contributed by atoms with Crippen LogP contribution in [0, 0.1) is 9.68 Å². The molecule has 108 valence electrons. The lowest BCUT2D eigenvalue weighted by Crippen LogP contribution is -2.26. The normalized spacial score (nSPS) is 15.7. The van der Waals surface area contributed by atoms with Gasteiger partial charge in [0, 0.05) is 5.02 Å². The second-order valence-electron chi connectivity index (χ2n) is 4.96. The number of nitrogens with zero attached hydrogens (tertiary/aromatic N) is 2. The number of halogens is 1. The van der Waals surface area contributed by atoms with Gasteiger partial charge in [-0.05, 0) is 47.9 Å². The van der Waals surface area contributed by atoms with Crippen molar-refractivity contribution in [3.63, 3.8) is 0 Å². The molecule has 0 bridgehead atoms. The smallest absolute Gasteiger partial charge is 0.283 e. The zero-order valence-corrected chi connectivity index (χ0v) is 12.4. The van der Waals surface area contributed by atoms with E-state index < -0.39 is 11.1 Å². The summed E-state index contributed by atoms with van der Waals surface area (Å²) in [6.45, 7) is 0. The summed E-state index contributed by atoms with van der Waals surface area (Å²) in [5, 5.41) is 3.34. The van der Waals surface area contributed by atoms with Gasteiger partial charge in [-0.2, -0.15) is 0 Å². The van der Waals surface area contributed by atoms with E-state index in [1.807, 2.05) is 12.1 Å². The second kappa shape index (κ2) is 4.78. The molecule has 21 heavy (non-hydrogen) atoms. The fourth-order valence-electron chi connectivity index (χ4n) is 2.58. The number of benzene rings is 1. The average molecular weight is 323 g/mol. The van der Waals surface area contributed by atoms with Crippen LogP contribution in [0.25, 0.3) is 0 Å². The molecule has 8 heteroatoms. The van der Waals surface area contributed by atoms with Crippen molar-refractivity contribution in [3.05, 3.63) is 54.9 Å². The highest BCUT2D eigenvalue weighted by Crippen LogP contribution is 2.51. The van der Waals surface area contributed by atoms with E-state index in [1.54, 1.807) is 16.7 Å². The zero-order valence-electron chi connectivity index (χ0n) is 10.8. The SMILES string of the molecule is Nc1c(N=O)c(=O)[nH]c(=S)n1C1(c2ccc(Cl)cc2)CC1. The van der Waals surface area contributed by atoms with Gasteiger partial charge >= 0.3 is 0 Å². The molecule has 0 spiro atoms. The Morgan fingerprint density at radius 3 is 2.48 bits per heavy atom. The van der Waals surface area contributed by atoms with Crippen molar-refractivity contribution in [1.29, 1.82) is 0 Å². The summed E-state index contributed by atoms with van der Waals surface area (Å²) in [5.41, 5.74) is 5.45. The van der Waals surface area contributed by atoms with Gasteiger partial charge in [0.25, 0.3) is 5.56 Å². The molecule has 6 nitrogen and oxygen atoms in total. The van der Waals surface area contributed by atoms with E-state index in [-0.39, 0.29) is 16.3 Å². The summed E-state index contributed by atoms with van der Waals surface area (Å²) in [7, 11) is 0. The van der Waals surface area contributed by atoms with Crippen LogP contribution in [0.1, 0.15) is 18.4 Å². The number of nitrogen functional groups attached to an aromatic ring is 1. The Morgan fingerprint density at radius 1 is 1.33 bits per heavy atom. The van der Waals surface area contributed by atoms with Gasteiger partial charge in [0.15, 0.2) is 4.77 Å². The van der Waals surface area contributed by atoms with Crippen molar-refractivity contribution in [1.82, 2.24) is 9.55 Å². The molecule has 0 aliphatic heterocycles. The first-order valence-electron chi connectivity index (χ1n) is 6.24. The van der Waals surface area contributed by atoms with Crippen LogP contribution < -0.4 is 11.3 Å². The minimum atomic E-state index is -0.671. The van der Waals surface area contributed by atoms with E-state index in [1.165, 1.54) is 0 Å². The van der Waals surface area contributed by atoms with Crippen LogP contribution in [0.2, 0.25) is 5.02 Å². The Morgan fingerprint density at radius 2 is 1.95 bits per heavy atom. The van der Waals surface area contributed by atoms with E-state index in [0.717, 1.165) is 18.4 Å². The first-order valence-corrected chi connectivity index (χ1v) is 7.03. The van der Waals surface area contributed by atoms with Crippen molar-refractivity contribution in [2.45, 2.75) is 18.4 Å². The average Bonchev–Trinajstić information content (AvgIpc) is 3.21. The fraction of sp³-hybridized carbons (Fsp3) is 0.231. The number of H-pyrrole nitrogens is 1. The highest BCUT2D eigenvalue weighted by molar-refractivity contribution is 7.71. The van der Waals surface area contributed by atoms with E-state index in [2.05, 4.69) is 10.2 Å². The summed E-state index contributed by atoms with van der Waals surface area (Å²) >= 11 is 11.1. The molecule has 0 radical (unpaired) electrons. The third kappa shape index (κ3) is 2.09. The highest BCUT2D eigenvalue weighted by Gasteiger charge is 2.48. The van der Waals surface area contributed by atoms with Crippen LogP contribution in [0.4, 0.5) is 11.5 Å². The Labute approximate surface area is 129 Å². The summed E-state index contributed by atoms with van der Waals surface area (Å²) in [5.74, 6) is -0.00815. The molecule has 1 aliphatic carbocycles. The standard InChI is InChI=1S/C13H11ClN4O2S/c14-8-3-1-7(2-4-8)13(5-6-13)18-10(15)9(17-20)11(19)16-12(18)21/h1-4H,5-6,15H2,(H,16,19,21). The van der Waals surface area contributed by atoms with E-state index in [9.17, 15) is 9.70 Å². The topological polar surface area (TPSA) is 93.2 Å². The Balaban J connectivity index is 2.25. The van der Waals surface area contributed by atoms with Crippen LogP contribution in [0.5, 0.6) is 0 Å². The summed E-state index contributed by atoms with van der Waals surface area (Å²) < 4.78 is 1.78. The van der Waals surface area contributed by atoms with Gasteiger partial charge in [0.05, 0.1) is 5.54 Å². The Hall–Kier alpha value is -1.99. The molecule has 1 aromatic heterocycles. The number of rotatable bonds is 3. The van der Waals surface area contributed by atoms with Crippen molar-refractivity contribution < 1.29 is 0 Å². The van der Waals surface area contributed by atoms with Gasteiger partial charge in [-0.15, -0.1) is 4.91 Å². The number of nitrogens with two attached hydrogens (primary N) is 1. The van der Waals surface area contributed by atoms with Crippen molar-refractivity contribution in [3.8, 4) is 0 Å². The molecular weight excluding hydrogens is 312 g/mol. The largest absolute Gasteiger partial charge is 0.383 e. The number of hydrogen-bond donors (Lipinski definition) is 2. The van der Waals surface area contributed by atoms with Crippen molar-refractivity contribution >= 4 is 35.3 Å². The lowest BCUT2D eigenvalue weighted by Gasteiger charge is -2.22. The quantitative estimate of drug-likeness (QED) is 0.670. The first-order chi connectivity index (χ1) is 9.99. The van der Waals surface area contributed by atoms with Crippen LogP contribution in [-0.2, 0) is 5.54 Å². The molecule has 1 fully saturated rings. The molecule has 0 atom stereocenters. The van der Waals surface area contributed by atoms with E-state index in [0.29, 0.717) is 5.02 Å². The second-order valence-corrected chi connectivity index (χ2v) is 5.78. The Bertz CT molecular complexity index is 837. The van der Waals surface area contributed by atoms with Gasteiger partial charge in [-0.1, -0.05) is 23.7 Å². The Kier molecular flexibility index (Phi) is 3.18. The molecule has 3 N–H and O–H groups in total. The first kappa shape index (κ1) is 14.0. The predicted molar refractivity (Wildman–Crippen MR) is 83.5 cm³/mol. The molecule has 0 unspecified atom stereocenters. The summed E-state index contributed by atoms with van der Waals surface area (Å²) in [6, 6.07) is 7.33. The van der Waals surface area contributed by atoms with Crippen LogP contribution >= 0.6 is 23.8 Å². The lowest BCUT2D eigenvalue weighted by atomic mass is 10.0. The number of nitrogens with one attached hydrogen (secondary N) is 1. The third-order valence-corrected chi connectivity index (χ3v) is 4.28. The maximum absolute atomic E-state index is 11.6. The van der Waals surface area contributed by atoms with Crippen LogP contribution in [0.3, 0.4) is 0 Å². The highest BCUT2D eigenvalue weighted by atomic mass is 35.5. The molecule has 1 aromatic carbocycles. The molecule has 1 heterocycles. The maximum atomic E-state index is 11.6. The molecular formula is C13H11ClN4O2S. The summed E-state index contributed by atoms with van der Waals surface area (Å²) in [6.07, 6.45) is 1.61. The molecule has 0 amide bonds. The maximum Gasteiger partial charge on any atom is 0.283 e. The van der Waals surface area contributed by atoms with Crippen molar-refractivity contribution in [2.24, 2.45) is 5.18 Å². The van der Waals surface area contributed by atoms with Gasteiger partial charge in [0.1, 0.15) is 5.82 Å².